The maximum Gasteiger partial charge on any atom is 0.334 e. The number of hydrogen-bond acceptors (Lipinski definition) is 4. The van der Waals surface area contributed by atoms with Gasteiger partial charge in [0.1, 0.15) is 11.5 Å². The number of carbonyl (C=O) groups excluding carboxylic acids is 1. The molecule has 19 heavy (non-hydrogen) atoms. The molecule has 106 valence electrons. The summed E-state index contributed by atoms with van der Waals surface area (Å²) in [5.74, 6) is 0.0911. The molecule has 0 aliphatic heterocycles. The summed E-state index contributed by atoms with van der Waals surface area (Å²) in [5, 5.41) is 22.4. The Kier molecular flexibility index (Phi) is 4.94. The fourth-order valence-electron chi connectivity index (χ4n) is 1.68. The van der Waals surface area contributed by atoms with Gasteiger partial charge in [0.2, 0.25) is 0 Å². The van der Waals surface area contributed by atoms with Crippen molar-refractivity contribution >= 4 is 12.0 Å². The third-order valence-electron chi connectivity index (χ3n) is 2.63. The molecule has 1 heterocycles. The summed E-state index contributed by atoms with van der Waals surface area (Å²) < 4.78 is 5.36. The van der Waals surface area contributed by atoms with E-state index in [-0.39, 0.29) is 12.6 Å². The fraction of sp³-hybridized carbons (Fsp3) is 0.500. The highest BCUT2D eigenvalue weighted by Crippen LogP contribution is 2.20. The number of nitrogens with one attached hydrogen (secondary N) is 2. The molecule has 0 aromatic carbocycles. The first kappa shape index (κ1) is 15.0. The van der Waals surface area contributed by atoms with Gasteiger partial charge in [0, 0.05) is 5.56 Å². The minimum atomic E-state index is -1.61. The highest BCUT2D eigenvalue weighted by Gasteiger charge is 2.17. The smallest absolute Gasteiger partial charge is 0.334 e. The van der Waals surface area contributed by atoms with Crippen LogP contribution >= 0.6 is 0 Å². The molecular formula is C12H18N2O5. The Labute approximate surface area is 110 Å². The Morgan fingerprint density at radius 2 is 2.05 bits per heavy atom. The molecule has 0 fully saturated rings. The van der Waals surface area contributed by atoms with Gasteiger partial charge < -0.3 is 25.3 Å². The third kappa shape index (κ3) is 4.29. The summed E-state index contributed by atoms with van der Waals surface area (Å²) in [4.78, 5) is 21.9. The molecule has 4 N–H and O–H groups in total. The lowest BCUT2D eigenvalue weighted by atomic mass is 10.1. The first-order valence-corrected chi connectivity index (χ1v) is 5.83. The lowest BCUT2D eigenvalue weighted by Gasteiger charge is -2.14. The number of aliphatic hydroxyl groups is 1. The standard InChI is InChI=1S/C12H18N2O5/c1-6-4-9(8(3)19-6)7(2)14-12(18)13-5-10(15)11(16)17/h4,7,10,15H,5H2,1-3H3,(H,16,17)(H2,13,14,18)/t7?,10-/m0/s1. The second-order valence-corrected chi connectivity index (χ2v) is 4.30. The monoisotopic (exact) mass is 270 g/mol. The van der Waals surface area contributed by atoms with Gasteiger partial charge in [-0.3, -0.25) is 0 Å². The topological polar surface area (TPSA) is 112 Å². The zero-order chi connectivity index (χ0) is 14.6. The van der Waals surface area contributed by atoms with E-state index in [0.717, 1.165) is 17.1 Å². The van der Waals surface area contributed by atoms with Crippen LogP contribution < -0.4 is 10.6 Å². The predicted octanol–water partition coefficient (Wildman–Crippen LogP) is 0.702. The van der Waals surface area contributed by atoms with E-state index in [0.29, 0.717) is 0 Å². The lowest BCUT2D eigenvalue weighted by molar-refractivity contribution is -0.146. The lowest BCUT2D eigenvalue weighted by Crippen LogP contribution is -2.42. The molecule has 0 aliphatic rings. The average Bonchev–Trinajstić information content (AvgIpc) is 2.65. The number of carbonyl (C=O) groups is 2. The zero-order valence-corrected chi connectivity index (χ0v) is 11.1. The van der Waals surface area contributed by atoms with Crippen molar-refractivity contribution in [1.29, 1.82) is 0 Å². The number of carboxylic acid groups (broad SMARTS) is 1. The second-order valence-electron chi connectivity index (χ2n) is 4.30. The summed E-state index contributed by atoms with van der Waals surface area (Å²) in [6.07, 6.45) is -1.61. The van der Waals surface area contributed by atoms with Gasteiger partial charge in [-0.05, 0) is 26.8 Å². The van der Waals surface area contributed by atoms with E-state index < -0.39 is 18.1 Å². The molecule has 1 unspecified atom stereocenters. The summed E-state index contributed by atoms with van der Waals surface area (Å²) in [5.41, 5.74) is 0.853. The van der Waals surface area contributed by atoms with Crippen molar-refractivity contribution < 1.29 is 24.2 Å². The Hall–Kier alpha value is -2.02. The molecule has 1 rings (SSSR count). The minimum absolute atomic E-state index is 0.278. The van der Waals surface area contributed by atoms with Crippen LogP contribution in [0.2, 0.25) is 0 Å². The molecule has 7 heteroatoms. The molecule has 1 aromatic rings. The second kappa shape index (κ2) is 6.24. The predicted molar refractivity (Wildman–Crippen MR) is 66.8 cm³/mol. The SMILES string of the molecule is Cc1cc(C(C)NC(=O)NC[C@H](O)C(=O)O)c(C)o1. The van der Waals surface area contributed by atoms with Gasteiger partial charge in [0.15, 0.2) is 6.10 Å². The van der Waals surface area contributed by atoms with E-state index in [1.165, 1.54) is 0 Å². The Morgan fingerprint density at radius 3 is 2.53 bits per heavy atom. The number of furan rings is 1. The molecule has 1 aromatic heterocycles. The molecule has 0 saturated carbocycles. The maximum atomic E-state index is 11.5. The van der Waals surface area contributed by atoms with Crippen LogP contribution in [0.25, 0.3) is 0 Å². The van der Waals surface area contributed by atoms with Crippen molar-refractivity contribution in [2.75, 3.05) is 6.54 Å². The number of amides is 2. The summed E-state index contributed by atoms with van der Waals surface area (Å²) >= 11 is 0. The largest absolute Gasteiger partial charge is 0.479 e. The third-order valence-corrected chi connectivity index (χ3v) is 2.63. The Balaban J connectivity index is 2.48. The van der Waals surface area contributed by atoms with Gasteiger partial charge >= 0.3 is 12.0 Å². The minimum Gasteiger partial charge on any atom is -0.479 e. The van der Waals surface area contributed by atoms with Crippen molar-refractivity contribution in [3.05, 3.63) is 23.2 Å². The van der Waals surface area contributed by atoms with Crippen LogP contribution in [0.15, 0.2) is 10.5 Å². The van der Waals surface area contributed by atoms with Gasteiger partial charge in [-0.15, -0.1) is 0 Å². The van der Waals surface area contributed by atoms with E-state index in [2.05, 4.69) is 10.6 Å². The number of aliphatic carboxylic acids is 1. The van der Waals surface area contributed by atoms with Crippen molar-refractivity contribution in [2.24, 2.45) is 0 Å². The molecule has 0 radical (unpaired) electrons. The zero-order valence-electron chi connectivity index (χ0n) is 11.1. The first-order valence-electron chi connectivity index (χ1n) is 5.83. The van der Waals surface area contributed by atoms with E-state index >= 15 is 0 Å². The first-order chi connectivity index (χ1) is 8.81. The molecule has 0 saturated heterocycles. The fourth-order valence-corrected chi connectivity index (χ4v) is 1.68. The van der Waals surface area contributed by atoms with E-state index in [9.17, 15) is 9.59 Å². The molecular weight excluding hydrogens is 252 g/mol. The Bertz CT molecular complexity index is 469. The molecule has 0 aliphatic carbocycles. The van der Waals surface area contributed by atoms with Crippen LogP contribution in [0.1, 0.15) is 30.0 Å². The molecule has 7 nitrogen and oxygen atoms in total. The van der Waals surface area contributed by atoms with E-state index in [4.69, 9.17) is 14.6 Å². The van der Waals surface area contributed by atoms with Crippen LogP contribution in [0, 0.1) is 13.8 Å². The Morgan fingerprint density at radius 1 is 1.42 bits per heavy atom. The quantitative estimate of drug-likeness (QED) is 0.629. The van der Waals surface area contributed by atoms with Crippen LogP contribution in [0.4, 0.5) is 4.79 Å². The number of hydrogen-bond donors (Lipinski definition) is 4. The highest BCUT2D eigenvalue weighted by molar-refractivity contribution is 5.77. The van der Waals surface area contributed by atoms with Crippen LogP contribution in [0.3, 0.4) is 0 Å². The summed E-state index contributed by atoms with van der Waals surface area (Å²) in [7, 11) is 0. The number of aliphatic hydroxyl groups excluding tert-OH is 1. The van der Waals surface area contributed by atoms with E-state index in [1.54, 1.807) is 13.8 Å². The summed E-state index contributed by atoms with van der Waals surface area (Å²) in [6, 6.07) is 0.998. The average molecular weight is 270 g/mol. The number of rotatable bonds is 5. The van der Waals surface area contributed by atoms with Crippen LogP contribution in [0.5, 0.6) is 0 Å². The normalized spacial score (nSPS) is 13.7. The number of aryl methyl sites for hydroxylation is 2. The van der Waals surface area contributed by atoms with Crippen LogP contribution in [-0.4, -0.2) is 34.9 Å². The van der Waals surface area contributed by atoms with Gasteiger partial charge in [-0.2, -0.15) is 0 Å². The van der Waals surface area contributed by atoms with Crippen molar-refractivity contribution in [3.8, 4) is 0 Å². The van der Waals surface area contributed by atoms with E-state index in [1.807, 2.05) is 13.0 Å². The molecule has 0 spiro atoms. The number of carboxylic acids is 1. The van der Waals surface area contributed by atoms with Gasteiger partial charge in [-0.1, -0.05) is 0 Å². The van der Waals surface area contributed by atoms with Gasteiger partial charge in [-0.25, -0.2) is 9.59 Å². The van der Waals surface area contributed by atoms with Gasteiger partial charge in [0.25, 0.3) is 0 Å². The molecule has 0 bridgehead atoms. The van der Waals surface area contributed by atoms with Crippen molar-refractivity contribution in [1.82, 2.24) is 10.6 Å². The summed E-state index contributed by atoms with van der Waals surface area (Å²) in [6.45, 7) is 5.04. The van der Waals surface area contributed by atoms with Crippen molar-refractivity contribution in [2.45, 2.75) is 32.9 Å². The molecule has 2 atom stereocenters. The molecule has 2 amide bonds. The van der Waals surface area contributed by atoms with Crippen LogP contribution in [-0.2, 0) is 4.79 Å². The number of urea groups is 1. The maximum absolute atomic E-state index is 11.5. The highest BCUT2D eigenvalue weighted by atomic mass is 16.4. The van der Waals surface area contributed by atoms with Crippen molar-refractivity contribution in [3.63, 3.8) is 0 Å². The van der Waals surface area contributed by atoms with Gasteiger partial charge in [0.05, 0.1) is 12.6 Å².